The van der Waals surface area contributed by atoms with Crippen LogP contribution in [0.3, 0.4) is 0 Å². The lowest BCUT2D eigenvalue weighted by Gasteiger charge is -2.25. The molecule has 4 atom stereocenters. The molecule has 0 fully saturated rings. The van der Waals surface area contributed by atoms with Crippen molar-refractivity contribution in [2.45, 2.75) is 84.5 Å². The fraction of sp³-hybridized carbons (Fsp3) is 0.750. The summed E-state index contributed by atoms with van der Waals surface area (Å²) in [5.41, 5.74) is 5.87. The minimum Gasteiger partial charge on any atom is -0.481 e. The molecule has 178 valence electrons. The first-order chi connectivity index (χ1) is 14.2. The Morgan fingerprint density at radius 1 is 0.742 bits per heavy atom. The Morgan fingerprint density at radius 2 is 1.26 bits per heavy atom. The quantitative estimate of drug-likeness (QED) is 0.213. The smallest absolute Gasteiger partial charge is 0.326 e. The van der Waals surface area contributed by atoms with Crippen LogP contribution in [0, 0.1) is 11.8 Å². The van der Waals surface area contributed by atoms with Crippen LogP contribution in [0.5, 0.6) is 0 Å². The molecule has 0 rings (SSSR count). The third-order valence-electron chi connectivity index (χ3n) is 4.42. The van der Waals surface area contributed by atoms with E-state index >= 15 is 0 Å². The predicted molar refractivity (Wildman–Crippen MR) is 113 cm³/mol. The maximum Gasteiger partial charge on any atom is 0.326 e. The Morgan fingerprint density at radius 3 is 1.71 bits per heavy atom. The highest BCUT2D eigenvalue weighted by atomic mass is 16.4. The Bertz CT molecular complexity index is 651. The van der Waals surface area contributed by atoms with Crippen molar-refractivity contribution in [2.24, 2.45) is 17.6 Å². The van der Waals surface area contributed by atoms with Gasteiger partial charge < -0.3 is 31.9 Å². The molecule has 0 spiro atoms. The minimum atomic E-state index is -1.40. The van der Waals surface area contributed by atoms with Crippen LogP contribution in [0.1, 0.15) is 60.3 Å². The van der Waals surface area contributed by atoms with E-state index in [1.165, 1.54) is 6.92 Å². The second-order valence-electron chi connectivity index (χ2n) is 8.49. The van der Waals surface area contributed by atoms with Gasteiger partial charge >= 0.3 is 11.9 Å². The van der Waals surface area contributed by atoms with Gasteiger partial charge in [0, 0.05) is 6.42 Å². The van der Waals surface area contributed by atoms with Crippen LogP contribution in [0.4, 0.5) is 0 Å². The van der Waals surface area contributed by atoms with Crippen LogP contribution < -0.4 is 21.7 Å². The number of amides is 3. The number of carbonyl (C=O) groups excluding carboxylic acids is 3. The van der Waals surface area contributed by atoms with Crippen LogP contribution in [0.2, 0.25) is 0 Å². The molecule has 7 N–H and O–H groups in total. The third-order valence-corrected chi connectivity index (χ3v) is 4.42. The summed E-state index contributed by atoms with van der Waals surface area (Å²) in [7, 11) is 0. The molecule has 0 aromatic heterocycles. The molecule has 0 aromatic rings. The number of rotatable bonds is 14. The lowest BCUT2D eigenvalue weighted by molar-refractivity contribution is -0.143. The molecule has 0 aromatic carbocycles. The molecule has 0 bridgehead atoms. The molecule has 11 nitrogen and oxygen atoms in total. The van der Waals surface area contributed by atoms with E-state index in [9.17, 15) is 24.0 Å². The van der Waals surface area contributed by atoms with Crippen molar-refractivity contribution >= 4 is 29.7 Å². The fourth-order valence-electron chi connectivity index (χ4n) is 2.80. The standard InChI is InChI=1S/C20H36N4O7/c1-10(2)8-13(21)18(28)24-15(9-11(3)4)19(29)22-12(5)17(27)23-14(20(30)31)6-7-16(25)26/h10-15H,6-9,21H2,1-5H3,(H,22,29)(H,23,27)(H,24,28)(H,25,26)(H,30,31). The number of nitrogens with two attached hydrogens (primary N) is 1. The zero-order chi connectivity index (χ0) is 24.3. The van der Waals surface area contributed by atoms with Gasteiger partial charge in [0.1, 0.15) is 18.1 Å². The van der Waals surface area contributed by atoms with Gasteiger partial charge in [0.15, 0.2) is 0 Å². The molecule has 0 saturated heterocycles. The summed E-state index contributed by atoms with van der Waals surface area (Å²) < 4.78 is 0. The van der Waals surface area contributed by atoms with Gasteiger partial charge in [-0.2, -0.15) is 0 Å². The lowest BCUT2D eigenvalue weighted by atomic mass is 10.0. The lowest BCUT2D eigenvalue weighted by Crippen LogP contribution is -2.56. The van der Waals surface area contributed by atoms with Gasteiger partial charge in [0.2, 0.25) is 17.7 Å². The van der Waals surface area contributed by atoms with E-state index in [4.69, 9.17) is 15.9 Å². The predicted octanol–water partition coefficient (Wildman–Crippen LogP) is -0.170. The van der Waals surface area contributed by atoms with E-state index in [-0.39, 0.29) is 18.3 Å². The highest BCUT2D eigenvalue weighted by Gasteiger charge is 2.29. The van der Waals surface area contributed by atoms with E-state index in [2.05, 4.69) is 16.0 Å². The number of carboxylic acids is 2. The molecule has 0 aliphatic carbocycles. The summed E-state index contributed by atoms with van der Waals surface area (Å²) in [6, 6.07) is -4.18. The zero-order valence-corrected chi connectivity index (χ0v) is 18.8. The summed E-state index contributed by atoms with van der Waals surface area (Å²) in [5.74, 6) is -4.15. The summed E-state index contributed by atoms with van der Waals surface area (Å²) >= 11 is 0. The number of carbonyl (C=O) groups is 5. The first-order valence-electron chi connectivity index (χ1n) is 10.4. The molecule has 0 heterocycles. The fourth-order valence-corrected chi connectivity index (χ4v) is 2.80. The Kier molecular flexibility index (Phi) is 12.4. The average molecular weight is 445 g/mol. The van der Waals surface area contributed by atoms with Crippen molar-refractivity contribution in [3.63, 3.8) is 0 Å². The Balaban J connectivity index is 5.05. The normalized spacial score (nSPS) is 15.0. The van der Waals surface area contributed by atoms with E-state index < -0.39 is 60.2 Å². The Hall–Kier alpha value is -2.69. The van der Waals surface area contributed by atoms with Gasteiger partial charge in [-0.3, -0.25) is 19.2 Å². The summed E-state index contributed by atoms with van der Waals surface area (Å²) in [4.78, 5) is 59.2. The number of aliphatic carboxylic acids is 2. The largest absolute Gasteiger partial charge is 0.481 e. The average Bonchev–Trinajstić information content (AvgIpc) is 2.62. The number of nitrogens with one attached hydrogen (secondary N) is 3. The number of carboxylic acid groups (broad SMARTS) is 2. The van der Waals surface area contributed by atoms with Crippen LogP contribution in [0.25, 0.3) is 0 Å². The molecule has 0 aliphatic rings. The van der Waals surface area contributed by atoms with Crippen LogP contribution >= 0.6 is 0 Å². The maximum atomic E-state index is 12.7. The zero-order valence-electron chi connectivity index (χ0n) is 18.8. The first-order valence-corrected chi connectivity index (χ1v) is 10.4. The third kappa shape index (κ3) is 11.9. The Labute approximate surface area is 182 Å². The molecule has 0 radical (unpaired) electrons. The maximum absolute atomic E-state index is 12.7. The van der Waals surface area contributed by atoms with Gasteiger partial charge in [-0.05, 0) is 38.0 Å². The highest BCUT2D eigenvalue weighted by Crippen LogP contribution is 2.08. The topological polar surface area (TPSA) is 188 Å². The molecule has 31 heavy (non-hydrogen) atoms. The van der Waals surface area contributed by atoms with Gasteiger partial charge in [-0.15, -0.1) is 0 Å². The van der Waals surface area contributed by atoms with Crippen molar-refractivity contribution in [1.29, 1.82) is 0 Å². The highest BCUT2D eigenvalue weighted by molar-refractivity contribution is 5.93. The van der Waals surface area contributed by atoms with Crippen molar-refractivity contribution in [1.82, 2.24) is 16.0 Å². The summed E-state index contributed by atoms with van der Waals surface area (Å²) in [6.07, 6.45) is 0.0399. The van der Waals surface area contributed by atoms with E-state index in [0.29, 0.717) is 12.8 Å². The molecule has 11 heteroatoms. The molecule has 3 amide bonds. The first kappa shape index (κ1) is 28.3. The van der Waals surface area contributed by atoms with E-state index in [1.807, 2.05) is 27.7 Å². The SMILES string of the molecule is CC(C)CC(N)C(=O)NC(CC(C)C)C(=O)NC(C)C(=O)NC(CCC(=O)O)C(=O)O. The van der Waals surface area contributed by atoms with Gasteiger partial charge in [-0.25, -0.2) is 4.79 Å². The van der Waals surface area contributed by atoms with Crippen LogP contribution in [-0.4, -0.2) is 64.0 Å². The van der Waals surface area contributed by atoms with Crippen molar-refractivity contribution < 1.29 is 34.2 Å². The van der Waals surface area contributed by atoms with Crippen molar-refractivity contribution in [3.8, 4) is 0 Å². The molecular formula is C20H36N4O7. The molecule has 4 unspecified atom stereocenters. The van der Waals surface area contributed by atoms with Crippen LogP contribution in [0.15, 0.2) is 0 Å². The summed E-state index contributed by atoms with van der Waals surface area (Å²) in [5, 5.41) is 25.1. The molecule has 0 aliphatic heterocycles. The number of hydrogen-bond acceptors (Lipinski definition) is 6. The second kappa shape index (κ2) is 13.6. The summed E-state index contributed by atoms with van der Waals surface area (Å²) in [6.45, 7) is 8.95. The second-order valence-corrected chi connectivity index (χ2v) is 8.49. The van der Waals surface area contributed by atoms with Gasteiger partial charge in [-0.1, -0.05) is 27.7 Å². The van der Waals surface area contributed by atoms with Gasteiger partial charge in [0.25, 0.3) is 0 Å². The molecule has 0 saturated carbocycles. The van der Waals surface area contributed by atoms with Crippen molar-refractivity contribution in [2.75, 3.05) is 0 Å². The van der Waals surface area contributed by atoms with Crippen molar-refractivity contribution in [3.05, 3.63) is 0 Å². The van der Waals surface area contributed by atoms with Gasteiger partial charge in [0.05, 0.1) is 6.04 Å². The van der Waals surface area contributed by atoms with E-state index in [0.717, 1.165) is 0 Å². The molecular weight excluding hydrogens is 408 g/mol. The number of hydrogen-bond donors (Lipinski definition) is 6. The van der Waals surface area contributed by atoms with Crippen LogP contribution in [-0.2, 0) is 24.0 Å². The minimum absolute atomic E-state index is 0.0638. The monoisotopic (exact) mass is 444 g/mol. The van der Waals surface area contributed by atoms with E-state index in [1.54, 1.807) is 0 Å².